The SMILES string of the molecule is NC(=O)C(c1ccc(F)cc1)N1CCCC(c2noc(C3CC3)n2)C1. The van der Waals surface area contributed by atoms with Crippen LogP contribution in [0.1, 0.15) is 60.8 Å². The number of hydrogen-bond donors (Lipinski definition) is 1. The van der Waals surface area contributed by atoms with Gasteiger partial charge in [0.2, 0.25) is 11.8 Å². The summed E-state index contributed by atoms with van der Waals surface area (Å²) in [5, 5.41) is 4.15. The third kappa shape index (κ3) is 3.42. The Labute approximate surface area is 145 Å². The highest BCUT2D eigenvalue weighted by Gasteiger charge is 2.35. The molecule has 132 valence electrons. The number of carbonyl (C=O) groups excluding carboxylic acids is 1. The summed E-state index contributed by atoms with van der Waals surface area (Å²) in [6.07, 6.45) is 4.11. The first-order valence-electron chi connectivity index (χ1n) is 8.74. The third-order valence-electron chi connectivity index (χ3n) is 5.02. The fourth-order valence-corrected chi connectivity index (χ4v) is 3.56. The molecule has 2 aliphatic rings. The number of aromatic nitrogens is 2. The van der Waals surface area contributed by atoms with Gasteiger partial charge in [-0.25, -0.2) is 4.39 Å². The second kappa shape index (κ2) is 6.55. The van der Waals surface area contributed by atoms with Gasteiger partial charge in [-0.15, -0.1) is 0 Å². The van der Waals surface area contributed by atoms with Gasteiger partial charge in [0.05, 0.1) is 0 Å². The average Bonchev–Trinajstić information content (AvgIpc) is 3.34. The third-order valence-corrected chi connectivity index (χ3v) is 5.02. The Balaban J connectivity index is 1.53. The van der Waals surface area contributed by atoms with Crippen LogP contribution in [0.3, 0.4) is 0 Å². The van der Waals surface area contributed by atoms with E-state index in [0.717, 1.165) is 38.1 Å². The van der Waals surface area contributed by atoms with Crippen molar-refractivity contribution in [3.63, 3.8) is 0 Å². The second-order valence-corrected chi connectivity index (χ2v) is 6.96. The summed E-state index contributed by atoms with van der Waals surface area (Å²) in [5.74, 6) is 1.23. The first-order chi connectivity index (χ1) is 12.1. The molecule has 2 atom stereocenters. The molecule has 1 saturated heterocycles. The molecule has 2 aromatic rings. The van der Waals surface area contributed by atoms with Crippen LogP contribution in [-0.2, 0) is 4.79 Å². The first-order valence-corrected chi connectivity index (χ1v) is 8.74. The molecule has 6 nitrogen and oxygen atoms in total. The van der Waals surface area contributed by atoms with Gasteiger partial charge in [0, 0.05) is 18.4 Å². The van der Waals surface area contributed by atoms with Crippen LogP contribution in [0.2, 0.25) is 0 Å². The Morgan fingerprint density at radius 1 is 1.24 bits per heavy atom. The van der Waals surface area contributed by atoms with E-state index in [4.69, 9.17) is 10.3 Å². The highest BCUT2D eigenvalue weighted by molar-refractivity contribution is 5.81. The van der Waals surface area contributed by atoms with Gasteiger partial charge in [-0.2, -0.15) is 4.98 Å². The number of carbonyl (C=O) groups is 1. The summed E-state index contributed by atoms with van der Waals surface area (Å²) in [4.78, 5) is 18.7. The summed E-state index contributed by atoms with van der Waals surface area (Å²) in [6.45, 7) is 1.39. The zero-order valence-electron chi connectivity index (χ0n) is 13.9. The lowest BCUT2D eigenvalue weighted by molar-refractivity contribution is -0.124. The summed E-state index contributed by atoms with van der Waals surface area (Å²) in [5.41, 5.74) is 6.36. The zero-order chi connectivity index (χ0) is 17.4. The van der Waals surface area contributed by atoms with Crippen LogP contribution in [0.4, 0.5) is 4.39 Å². The van der Waals surface area contributed by atoms with Gasteiger partial charge in [0.25, 0.3) is 0 Å². The van der Waals surface area contributed by atoms with Crippen molar-refractivity contribution < 1.29 is 13.7 Å². The molecule has 2 heterocycles. The van der Waals surface area contributed by atoms with E-state index in [9.17, 15) is 9.18 Å². The lowest BCUT2D eigenvalue weighted by atomic mass is 9.94. The standard InChI is InChI=1S/C18H21FN4O2/c19-14-7-5-11(6-8-14)15(16(20)24)23-9-1-2-13(10-23)17-21-18(25-22-17)12-3-4-12/h5-8,12-13,15H,1-4,9-10H2,(H2,20,24). The van der Waals surface area contributed by atoms with Crippen molar-refractivity contribution in [3.05, 3.63) is 47.4 Å². The maximum atomic E-state index is 13.2. The first kappa shape index (κ1) is 16.2. The van der Waals surface area contributed by atoms with Crippen LogP contribution >= 0.6 is 0 Å². The largest absolute Gasteiger partial charge is 0.368 e. The molecule has 4 rings (SSSR count). The van der Waals surface area contributed by atoms with Gasteiger partial charge in [-0.1, -0.05) is 17.3 Å². The molecule has 1 aliphatic carbocycles. The smallest absolute Gasteiger partial charge is 0.239 e. The number of nitrogens with two attached hydrogens (primary N) is 1. The van der Waals surface area contributed by atoms with Crippen molar-refractivity contribution in [2.24, 2.45) is 5.73 Å². The Bertz CT molecular complexity index is 757. The van der Waals surface area contributed by atoms with E-state index in [-0.39, 0.29) is 11.7 Å². The van der Waals surface area contributed by atoms with Crippen molar-refractivity contribution in [1.29, 1.82) is 0 Å². The van der Waals surface area contributed by atoms with Crippen LogP contribution in [0.25, 0.3) is 0 Å². The average molecular weight is 344 g/mol. The fraction of sp³-hybridized carbons (Fsp3) is 0.500. The van der Waals surface area contributed by atoms with Crippen molar-refractivity contribution in [1.82, 2.24) is 15.0 Å². The van der Waals surface area contributed by atoms with Gasteiger partial charge < -0.3 is 10.3 Å². The van der Waals surface area contributed by atoms with Crippen molar-refractivity contribution >= 4 is 5.91 Å². The molecule has 7 heteroatoms. The van der Waals surface area contributed by atoms with E-state index in [1.807, 2.05) is 4.90 Å². The highest BCUT2D eigenvalue weighted by atomic mass is 19.1. The van der Waals surface area contributed by atoms with Crippen LogP contribution < -0.4 is 5.73 Å². The predicted octanol–water partition coefficient (Wildman–Crippen LogP) is 2.49. The summed E-state index contributed by atoms with van der Waals surface area (Å²) < 4.78 is 18.6. The lowest BCUT2D eigenvalue weighted by Crippen LogP contribution is -2.43. The number of piperidine rings is 1. The quantitative estimate of drug-likeness (QED) is 0.901. The zero-order valence-corrected chi connectivity index (χ0v) is 13.9. The molecule has 1 saturated carbocycles. The predicted molar refractivity (Wildman–Crippen MR) is 88.2 cm³/mol. The monoisotopic (exact) mass is 344 g/mol. The number of benzene rings is 1. The fourth-order valence-electron chi connectivity index (χ4n) is 3.56. The lowest BCUT2D eigenvalue weighted by Gasteiger charge is -2.36. The van der Waals surface area contributed by atoms with Gasteiger partial charge in [0.1, 0.15) is 11.9 Å². The molecule has 0 spiro atoms. The molecule has 0 radical (unpaired) electrons. The number of hydrogen-bond acceptors (Lipinski definition) is 5. The van der Waals surface area contributed by atoms with Gasteiger partial charge in [0.15, 0.2) is 5.82 Å². The number of nitrogens with zero attached hydrogens (tertiary/aromatic N) is 3. The summed E-state index contributed by atoms with van der Waals surface area (Å²) >= 11 is 0. The number of rotatable bonds is 5. The van der Waals surface area contributed by atoms with Crippen LogP contribution in [0.5, 0.6) is 0 Å². The molecule has 1 aromatic carbocycles. The van der Waals surface area contributed by atoms with Crippen LogP contribution in [-0.4, -0.2) is 34.0 Å². The Morgan fingerprint density at radius 3 is 2.68 bits per heavy atom. The van der Waals surface area contributed by atoms with E-state index in [1.165, 1.54) is 12.1 Å². The van der Waals surface area contributed by atoms with E-state index < -0.39 is 11.9 Å². The van der Waals surface area contributed by atoms with E-state index in [2.05, 4.69) is 10.1 Å². The van der Waals surface area contributed by atoms with E-state index in [1.54, 1.807) is 12.1 Å². The van der Waals surface area contributed by atoms with Crippen molar-refractivity contribution in [2.45, 2.75) is 43.6 Å². The second-order valence-electron chi connectivity index (χ2n) is 6.96. The highest BCUT2D eigenvalue weighted by Crippen LogP contribution is 2.40. The number of amides is 1. The molecule has 2 fully saturated rings. The molecule has 25 heavy (non-hydrogen) atoms. The number of primary amides is 1. The Kier molecular flexibility index (Phi) is 4.25. The van der Waals surface area contributed by atoms with E-state index in [0.29, 0.717) is 23.9 Å². The Morgan fingerprint density at radius 2 is 2.00 bits per heavy atom. The molecular weight excluding hydrogens is 323 g/mol. The summed E-state index contributed by atoms with van der Waals surface area (Å²) in [6, 6.07) is 5.38. The van der Waals surface area contributed by atoms with Gasteiger partial charge >= 0.3 is 0 Å². The minimum Gasteiger partial charge on any atom is -0.368 e. The maximum absolute atomic E-state index is 13.2. The molecule has 2 N–H and O–H groups in total. The minimum absolute atomic E-state index is 0.118. The maximum Gasteiger partial charge on any atom is 0.239 e. The molecule has 1 aliphatic heterocycles. The molecule has 1 amide bonds. The summed E-state index contributed by atoms with van der Waals surface area (Å²) in [7, 11) is 0. The molecule has 2 unspecified atom stereocenters. The van der Waals surface area contributed by atoms with Gasteiger partial charge in [-0.05, 0) is 49.9 Å². The van der Waals surface area contributed by atoms with Crippen LogP contribution in [0, 0.1) is 5.82 Å². The number of halogens is 1. The van der Waals surface area contributed by atoms with Crippen molar-refractivity contribution in [2.75, 3.05) is 13.1 Å². The minimum atomic E-state index is -0.571. The normalized spacial score (nSPS) is 22.7. The molecule has 0 bridgehead atoms. The van der Waals surface area contributed by atoms with Crippen molar-refractivity contribution in [3.8, 4) is 0 Å². The number of likely N-dealkylation sites (tertiary alicyclic amines) is 1. The topological polar surface area (TPSA) is 85.3 Å². The Hall–Kier alpha value is -2.28. The van der Waals surface area contributed by atoms with E-state index >= 15 is 0 Å². The molecular formula is C18H21FN4O2. The molecule has 1 aromatic heterocycles. The van der Waals surface area contributed by atoms with Gasteiger partial charge in [-0.3, -0.25) is 9.69 Å². The van der Waals surface area contributed by atoms with Crippen LogP contribution in [0.15, 0.2) is 28.8 Å².